The van der Waals surface area contributed by atoms with E-state index in [2.05, 4.69) is 15.3 Å². The van der Waals surface area contributed by atoms with E-state index in [1.807, 2.05) is 39.8 Å². The van der Waals surface area contributed by atoms with Gasteiger partial charge in [-0.1, -0.05) is 0 Å². The summed E-state index contributed by atoms with van der Waals surface area (Å²) in [5.41, 5.74) is 7.52. The number of nitrogens with two attached hydrogens (primary N) is 1. The lowest BCUT2D eigenvalue weighted by Crippen LogP contribution is -2.44. The molecule has 0 radical (unpaired) electrons. The average molecular weight is 442 g/mol. The van der Waals surface area contributed by atoms with Crippen molar-refractivity contribution in [2.24, 2.45) is 5.73 Å². The van der Waals surface area contributed by atoms with Gasteiger partial charge >= 0.3 is 0 Å². The zero-order valence-electron chi connectivity index (χ0n) is 19.0. The number of rotatable bonds is 7. The number of anilines is 2. The summed E-state index contributed by atoms with van der Waals surface area (Å²) in [5.74, 6) is 0.810. The molecule has 1 saturated heterocycles. The molecule has 32 heavy (non-hydrogen) atoms. The molecule has 0 saturated carbocycles. The Morgan fingerprint density at radius 2 is 2.06 bits per heavy atom. The van der Waals surface area contributed by atoms with Crippen molar-refractivity contribution in [1.29, 1.82) is 0 Å². The molecular formula is C23H31N5O4. The predicted octanol–water partition coefficient (Wildman–Crippen LogP) is 2.36. The third-order valence-corrected chi connectivity index (χ3v) is 5.40. The molecule has 2 atom stereocenters. The lowest BCUT2D eigenvalue weighted by atomic mass is 10.1. The Labute approximate surface area is 188 Å². The molecule has 1 fully saturated rings. The third-order valence-electron chi connectivity index (χ3n) is 5.40. The van der Waals surface area contributed by atoms with Crippen LogP contribution in [0.15, 0.2) is 30.5 Å². The summed E-state index contributed by atoms with van der Waals surface area (Å²) in [6, 6.07) is 7.39. The predicted molar refractivity (Wildman–Crippen MR) is 121 cm³/mol. The molecule has 2 aliphatic rings. The van der Waals surface area contributed by atoms with Gasteiger partial charge in [-0.15, -0.1) is 0 Å². The van der Waals surface area contributed by atoms with E-state index in [4.69, 9.17) is 19.9 Å². The first-order chi connectivity index (χ1) is 15.3. The van der Waals surface area contributed by atoms with Crippen molar-refractivity contribution >= 4 is 17.7 Å². The summed E-state index contributed by atoms with van der Waals surface area (Å²) in [5, 5.41) is 3.19. The molecule has 2 unspecified atom stereocenters. The number of carbonyl (C=O) groups is 1. The molecule has 0 aliphatic carbocycles. The fourth-order valence-corrected chi connectivity index (χ4v) is 4.03. The number of ether oxygens (including phenoxy) is 3. The second kappa shape index (κ2) is 9.01. The van der Waals surface area contributed by atoms with Crippen molar-refractivity contribution in [2.75, 3.05) is 29.9 Å². The SMILES string of the molecule is CC(C)Nc1nccc(N(CC2OC(C)(C)OC2CN)C(=O)c2ccc3c(c2)CCO3)n1. The first-order valence-electron chi connectivity index (χ1n) is 11.0. The summed E-state index contributed by atoms with van der Waals surface area (Å²) in [7, 11) is 0. The van der Waals surface area contributed by atoms with Gasteiger partial charge in [-0.05, 0) is 57.5 Å². The minimum atomic E-state index is -0.773. The second-order valence-electron chi connectivity index (χ2n) is 8.82. The number of aromatic nitrogens is 2. The van der Waals surface area contributed by atoms with Gasteiger partial charge in [0.15, 0.2) is 5.79 Å². The van der Waals surface area contributed by atoms with Crippen LogP contribution in [-0.2, 0) is 15.9 Å². The maximum absolute atomic E-state index is 13.7. The van der Waals surface area contributed by atoms with E-state index >= 15 is 0 Å². The van der Waals surface area contributed by atoms with Gasteiger partial charge in [-0.25, -0.2) is 4.98 Å². The molecule has 0 bridgehead atoms. The van der Waals surface area contributed by atoms with Gasteiger partial charge in [-0.3, -0.25) is 9.69 Å². The van der Waals surface area contributed by atoms with Crippen molar-refractivity contribution in [3.8, 4) is 5.75 Å². The number of carbonyl (C=O) groups excluding carboxylic acids is 1. The molecule has 3 N–H and O–H groups in total. The molecule has 9 nitrogen and oxygen atoms in total. The van der Waals surface area contributed by atoms with Crippen LogP contribution < -0.4 is 20.7 Å². The van der Waals surface area contributed by atoms with Gasteiger partial charge < -0.3 is 25.3 Å². The number of hydrogen-bond donors (Lipinski definition) is 2. The Morgan fingerprint density at radius 1 is 1.28 bits per heavy atom. The second-order valence-corrected chi connectivity index (χ2v) is 8.82. The van der Waals surface area contributed by atoms with Crippen LogP contribution in [0.25, 0.3) is 0 Å². The number of fused-ring (bicyclic) bond motifs is 1. The zero-order valence-corrected chi connectivity index (χ0v) is 19.0. The van der Waals surface area contributed by atoms with Crippen LogP contribution in [0.4, 0.5) is 11.8 Å². The van der Waals surface area contributed by atoms with Gasteiger partial charge in [-0.2, -0.15) is 4.98 Å². The smallest absolute Gasteiger partial charge is 0.259 e. The molecule has 2 aromatic rings. The molecular weight excluding hydrogens is 410 g/mol. The molecule has 2 aliphatic heterocycles. The van der Waals surface area contributed by atoms with Gasteiger partial charge in [0, 0.05) is 30.8 Å². The van der Waals surface area contributed by atoms with Crippen molar-refractivity contribution in [3.05, 3.63) is 41.6 Å². The lowest BCUT2D eigenvalue weighted by molar-refractivity contribution is -0.144. The number of nitrogens with zero attached hydrogens (tertiary/aromatic N) is 3. The van der Waals surface area contributed by atoms with E-state index in [9.17, 15) is 4.79 Å². The average Bonchev–Trinajstić information content (AvgIpc) is 3.33. The van der Waals surface area contributed by atoms with E-state index in [0.29, 0.717) is 23.9 Å². The van der Waals surface area contributed by atoms with Crippen LogP contribution in [0.5, 0.6) is 5.75 Å². The maximum atomic E-state index is 13.7. The largest absolute Gasteiger partial charge is 0.493 e. The molecule has 4 rings (SSSR count). The normalized spacial score (nSPS) is 21.3. The summed E-state index contributed by atoms with van der Waals surface area (Å²) in [6.07, 6.45) is 1.70. The highest BCUT2D eigenvalue weighted by Crippen LogP contribution is 2.31. The highest BCUT2D eigenvalue weighted by Gasteiger charge is 2.42. The monoisotopic (exact) mass is 441 g/mol. The first kappa shape index (κ1) is 22.4. The first-order valence-corrected chi connectivity index (χ1v) is 11.0. The van der Waals surface area contributed by atoms with Gasteiger partial charge in [0.2, 0.25) is 5.95 Å². The molecule has 3 heterocycles. The Kier molecular flexibility index (Phi) is 6.32. The van der Waals surface area contributed by atoms with Crippen molar-refractivity contribution in [1.82, 2.24) is 9.97 Å². The molecule has 1 aromatic carbocycles. The van der Waals surface area contributed by atoms with E-state index in [-0.39, 0.29) is 31.1 Å². The van der Waals surface area contributed by atoms with Crippen LogP contribution in [0.2, 0.25) is 0 Å². The standard InChI is InChI=1S/C23H31N5O4/c1-14(2)26-22-25-9-7-20(27-22)28(13-19-18(12-24)31-23(3,4)32-19)21(29)16-5-6-17-15(11-16)8-10-30-17/h5-7,9,11,14,18-19H,8,10,12-13,24H2,1-4H3,(H,25,26,27). The third kappa shape index (κ3) is 4.85. The zero-order chi connectivity index (χ0) is 22.9. The summed E-state index contributed by atoms with van der Waals surface area (Å²) < 4.78 is 17.6. The van der Waals surface area contributed by atoms with Crippen molar-refractivity contribution < 1.29 is 19.0 Å². The van der Waals surface area contributed by atoms with E-state index in [0.717, 1.165) is 17.7 Å². The van der Waals surface area contributed by atoms with Crippen LogP contribution in [0.1, 0.15) is 43.6 Å². The summed E-state index contributed by atoms with van der Waals surface area (Å²) >= 11 is 0. The van der Waals surface area contributed by atoms with Crippen LogP contribution in [0, 0.1) is 0 Å². The summed E-state index contributed by atoms with van der Waals surface area (Å²) in [6.45, 7) is 8.86. The molecule has 0 spiro atoms. The number of hydrogen-bond acceptors (Lipinski definition) is 8. The molecule has 172 valence electrons. The molecule has 1 aromatic heterocycles. The molecule has 1 amide bonds. The van der Waals surface area contributed by atoms with E-state index < -0.39 is 11.9 Å². The lowest BCUT2D eigenvalue weighted by Gasteiger charge is -2.27. The quantitative estimate of drug-likeness (QED) is 0.674. The Hall–Kier alpha value is -2.75. The van der Waals surface area contributed by atoms with Crippen molar-refractivity contribution in [2.45, 2.75) is 58.2 Å². The number of nitrogens with one attached hydrogen (secondary N) is 1. The van der Waals surface area contributed by atoms with Crippen LogP contribution in [-0.4, -0.2) is 59.6 Å². The van der Waals surface area contributed by atoms with Crippen LogP contribution >= 0.6 is 0 Å². The highest BCUT2D eigenvalue weighted by molar-refractivity contribution is 6.06. The maximum Gasteiger partial charge on any atom is 0.259 e. The number of amides is 1. The topological polar surface area (TPSA) is 112 Å². The Bertz CT molecular complexity index is 981. The Balaban J connectivity index is 1.67. The fourth-order valence-electron chi connectivity index (χ4n) is 4.03. The van der Waals surface area contributed by atoms with Gasteiger partial charge in [0.25, 0.3) is 5.91 Å². The highest BCUT2D eigenvalue weighted by atomic mass is 16.8. The minimum absolute atomic E-state index is 0.153. The van der Waals surface area contributed by atoms with E-state index in [1.54, 1.807) is 23.2 Å². The van der Waals surface area contributed by atoms with Crippen LogP contribution in [0.3, 0.4) is 0 Å². The number of benzene rings is 1. The Morgan fingerprint density at radius 3 is 2.81 bits per heavy atom. The summed E-state index contributed by atoms with van der Waals surface area (Å²) in [4.78, 5) is 24.2. The van der Waals surface area contributed by atoms with Crippen molar-refractivity contribution in [3.63, 3.8) is 0 Å². The van der Waals surface area contributed by atoms with Gasteiger partial charge in [0.1, 0.15) is 23.8 Å². The minimum Gasteiger partial charge on any atom is -0.493 e. The molecule has 9 heteroatoms. The van der Waals surface area contributed by atoms with Gasteiger partial charge in [0.05, 0.1) is 13.2 Å². The van der Waals surface area contributed by atoms with E-state index in [1.165, 1.54) is 0 Å². The fraction of sp³-hybridized carbons (Fsp3) is 0.522.